The largest absolute Gasteiger partial charge is 0.491 e. The van der Waals surface area contributed by atoms with E-state index in [1.54, 1.807) is 7.11 Å². The van der Waals surface area contributed by atoms with Gasteiger partial charge in [-0.15, -0.1) is 0 Å². The molecule has 1 aromatic rings. The average Bonchev–Trinajstić information content (AvgIpc) is 2.17. The van der Waals surface area contributed by atoms with Crippen LogP contribution >= 0.6 is 0 Å². The van der Waals surface area contributed by atoms with E-state index >= 15 is 0 Å². The van der Waals surface area contributed by atoms with Gasteiger partial charge in [0.05, 0.1) is 12.8 Å². The molecular weight excluding hydrogens is 192 g/mol. The number of ether oxygens (including phenoxy) is 1. The molecular formula is C10H18N4O. The van der Waals surface area contributed by atoms with Crippen LogP contribution < -0.4 is 15.8 Å². The molecule has 0 radical (unpaired) electrons. The van der Waals surface area contributed by atoms with Crippen LogP contribution in [0.4, 0.5) is 5.82 Å². The molecule has 0 spiro atoms. The Bertz CT molecular complexity index is 340. The fourth-order valence-electron chi connectivity index (χ4n) is 1.34. The minimum Gasteiger partial charge on any atom is -0.491 e. The summed E-state index contributed by atoms with van der Waals surface area (Å²) in [4.78, 5) is 8.52. The summed E-state index contributed by atoms with van der Waals surface area (Å²) in [6, 6.07) is 0.160. The first-order valence-corrected chi connectivity index (χ1v) is 4.94. The third kappa shape index (κ3) is 2.79. The molecule has 1 atom stereocenters. The molecule has 1 heterocycles. The minimum absolute atomic E-state index is 0.160. The molecule has 0 aliphatic carbocycles. The molecule has 5 heteroatoms. The van der Waals surface area contributed by atoms with Gasteiger partial charge in [0.1, 0.15) is 5.82 Å². The summed E-state index contributed by atoms with van der Waals surface area (Å²) >= 11 is 0. The van der Waals surface area contributed by atoms with E-state index in [0.717, 1.165) is 11.5 Å². The summed E-state index contributed by atoms with van der Waals surface area (Å²) in [6.45, 7) is 6.29. The van der Waals surface area contributed by atoms with E-state index in [-0.39, 0.29) is 6.04 Å². The van der Waals surface area contributed by atoms with Gasteiger partial charge in [0.15, 0.2) is 11.6 Å². The minimum atomic E-state index is 0.160. The topological polar surface area (TPSA) is 73.1 Å². The fraction of sp³-hybridized carbons (Fsp3) is 0.600. The van der Waals surface area contributed by atoms with E-state index in [2.05, 4.69) is 15.3 Å². The van der Waals surface area contributed by atoms with Gasteiger partial charge in [-0.05, 0) is 20.8 Å². The molecule has 15 heavy (non-hydrogen) atoms. The first-order valence-electron chi connectivity index (χ1n) is 4.94. The number of hydrogen-bond acceptors (Lipinski definition) is 5. The second-order valence-corrected chi connectivity index (χ2v) is 3.52. The summed E-state index contributed by atoms with van der Waals surface area (Å²) in [7, 11) is 1.61. The second kappa shape index (κ2) is 4.93. The number of aromatic nitrogens is 2. The van der Waals surface area contributed by atoms with Crippen molar-refractivity contribution in [3.63, 3.8) is 0 Å². The number of aryl methyl sites for hydroxylation is 2. The molecule has 0 fully saturated rings. The highest BCUT2D eigenvalue weighted by molar-refractivity contribution is 5.52. The highest BCUT2D eigenvalue weighted by Gasteiger charge is 2.11. The highest BCUT2D eigenvalue weighted by Crippen LogP contribution is 2.25. The molecule has 0 amide bonds. The van der Waals surface area contributed by atoms with Gasteiger partial charge >= 0.3 is 0 Å². The Morgan fingerprint density at radius 2 is 2.07 bits per heavy atom. The molecule has 0 aliphatic heterocycles. The Hall–Kier alpha value is -1.36. The molecule has 1 rings (SSSR count). The number of nitrogens with two attached hydrogens (primary N) is 1. The van der Waals surface area contributed by atoms with Crippen LogP contribution in [0.25, 0.3) is 0 Å². The fourth-order valence-corrected chi connectivity index (χ4v) is 1.34. The lowest BCUT2D eigenvalue weighted by atomic mass is 10.3. The number of hydrogen-bond donors (Lipinski definition) is 2. The quantitative estimate of drug-likeness (QED) is 0.771. The van der Waals surface area contributed by atoms with Crippen LogP contribution in [0, 0.1) is 13.8 Å². The summed E-state index contributed by atoms with van der Waals surface area (Å²) in [5.41, 5.74) is 6.37. The van der Waals surface area contributed by atoms with E-state index in [0.29, 0.717) is 18.1 Å². The van der Waals surface area contributed by atoms with Crippen LogP contribution in [0.2, 0.25) is 0 Å². The molecule has 0 saturated carbocycles. The zero-order chi connectivity index (χ0) is 11.4. The van der Waals surface area contributed by atoms with E-state index in [4.69, 9.17) is 10.5 Å². The molecule has 1 aromatic heterocycles. The second-order valence-electron chi connectivity index (χ2n) is 3.52. The van der Waals surface area contributed by atoms with Gasteiger partial charge in [-0.1, -0.05) is 0 Å². The molecule has 5 nitrogen and oxygen atoms in total. The lowest BCUT2D eigenvalue weighted by Gasteiger charge is -2.16. The predicted molar refractivity (Wildman–Crippen MR) is 60.2 cm³/mol. The van der Waals surface area contributed by atoms with Crippen LogP contribution in [0.15, 0.2) is 0 Å². The lowest BCUT2D eigenvalue weighted by Crippen LogP contribution is -2.26. The Balaban J connectivity index is 3.03. The van der Waals surface area contributed by atoms with Gasteiger partial charge < -0.3 is 15.8 Å². The van der Waals surface area contributed by atoms with Crippen molar-refractivity contribution in [1.82, 2.24) is 9.97 Å². The Morgan fingerprint density at radius 1 is 1.40 bits per heavy atom. The van der Waals surface area contributed by atoms with Crippen LogP contribution in [0.5, 0.6) is 5.75 Å². The summed E-state index contributed by atoms with van der Waals surface area (Å²) < 4.78 is 5.25. The zero-order valence-corrected chi connectivity index (χ0v) is 9.66. The van der Waals surface area contributed by atoms with E-state index in [9.17, 15) is 0 Å². The van der Waals surface area contributed by atoms with Crippen molar-refractivity contribution in [3.05, 3.63) is 11.5 Å². The van der Waals surface area contributed by atoms with Crippen LogP contribution in [0.1, 0.15) is 18.4 Å². The first-order chi connectivity index (χ1) is 7.08. The zero-order valence-electron chi connectivity index (χ0n) is 9.66. The van der Waals surface area contributed by atoms with Crippen molar-refractivity contribution in [1.29, 1.82) is 0 Å². The van der Waals surface area contributed by atoms with Crippen LogP contribution in [0.3, 0.4) is 0 Å². The molecule has 0 aliphatic rings. The van der Waals surface area contributed by atoms with Gasteiger partial charge in [-0.3, -0.25) is 0 Å². The molecule has 0 aromatic carbocycles. The van der Waals surface area contributed by atoms with Gasteiger partial charge in [-0.2, -0.15) is 0 Å². The number of rotatable bonds is 4. The molecule has 3 N–H and O–H groups in total. The maximum atomic E-state index is 5.54. The maximum Gasteiger partial charge on any atom is 0.182 e. The van der Waals surface area contributed by atoms with Crippen molar-refractivity contribution in [2.45, 2.75) is 26.8 Å². The summed E-state index contributed by atoms with van der Waals surface area (Å²) in [5.74, 6) is 2.11. The Labute approximate surface area is 90.1 Å². The van der Waals surface area contributed by atoms with Gasteiger partial charge in [-0.25, -0.2) is 9.97 Å². The Morgan fingerprint density at radius 3 is 2.60 bits per heavy atom. The third-order valence-corrected chi connectivity index (χ3v) is 2.09. The molecule has 1 unspecified atom stereocenters. The Kier molecular flexibility index (Phi) is 3.85. The van der Waals surface area contributed by atoms with E-state index in [1.807, 2.05) is 20.8 Å². The molecule has 0 saturated heterocycles. The number of anilines is 1. The first kappa shape index (κ1) is 11.7. The standard InChI is InChI=1S/C10H18N4O/c1-6(5-11)12-10-9(15-4)7(2)13-8(3)14-10/h6H,5,11H2,1-4H3,(H,12,13,14). The van der Waals surface area contributed by atoms with Crippen LogP contribution in [-0.2, 0) is 0 Å². The smallest absolute Gasteiger partial charge is 0.182 e. The number of methoxy groups -OCH3 is 1. The highest BCUT2D eigenvalue weighted by atomic mass is 16.5. The van der Waals surface area contributed by atoms with Gasteiger partial charge in [0.25, 0.3) is 0 Å². The monoisotopic (exact) mass is 210 g/mol. The van der Waals surface area contributed by atoms with Crippen molar-refractivity contribution in [2.75, 3.05) is 19.0 Å². The van der Waals surface area contributed by atoms with Crippen molar-refractivity contribution >= 4 is 5.82 Å². The third-order valence-electron chi connectivity index (χ3n) is 2.09. The van der Waals surface area contributed by atoms with Crippen molar-refractivity contribution < 1.29 is 4.74 Å². The van der Waals surface area contributed by atoms with Gasteiger partial charge in [0, 0.05) is 12.6 Å². The van der Waals surface area contributed by atoms with Gasteiger partial charge in [0.2, 0.25) is 0 Å². The maximum absolute atomic E-state index is 5.54. The summed E-state index contributed by atoms with van der Waals surface area (Å²) in [5, 5.41) is 3.19. The summed E-state index contributed by atoms with van der Waals surface area (Å²) in [6.07, 6.45) is 0. The normalized spacial score (nSPS) is 12.3. The van der Waals surface area contributed by atoms with Crippen molar-refractivity contribution in [2.24, 2.45) is 5.73 Å². The molecule has 84 valence electrons. The van der Waals surface area contributed by atoms with Crippen LogP contribution in [-0.4, -0.2) is 29.7 Å². The number of nitrogens with zero attached hydrogens (tertiary/aromatic N) is 2. The molecule has 0 bridgehead atoms. The lowest BCUT2D eigenvalue weighted by molar-refractivity contribution is 0.408. The SMILES string of the molecule is COc1c(C)nc(C)nc1NC(C)CN. The van der Waals surface area contributed by atoms with E-state index in [1.165, 1.54) is 0 Å². The van der Waals surface area contributed by atoms with Crippen molar-refractivity contribution in [3.8, 4) is 5.75 Å². The van der Waals surface area contributed by atoms with E-state index < -0.39 is 0 Å². The average molecular weight is 210 g/mol. The predicted octanol–water partition coefficient (Wildman–Crippen LogP) is 0.861. The number of nitrogens with one attached hydrogen (secondary N) is 1.